The van der Waals surface area contributed by atoms with E-state index in [1.54, 1.807) is 6.92 Å². The molecule has 0 aromatic heterocycles. The van der Waals surface area contributed by atoms with Crippen molar-refractivity contribution in [3.63, 3.8) is 0 Å². The van der Waals surface area contributed by atoms with Crippen molar-refractivity contribution in [3.05, 3.63) is 29.8 Å². The Morgan fingerprint density at radius 1 is 1.37 bits per heavy atom. The molecule has 0 aliphatic heterocycles. The largest absolute Gasteiger partial charge is 0.376 e. The fourth-order valence-corrected chi connectivity index (χ4v) is 1.49. The summed E-state index contributed by atoms with van der Waals surface area (Å²) in [6.45, 7) is 7.74. The number of anilines is 1. The summed E-state index contributed by atoms with van der Waals surface area (Å²) in [5.41, 5.74) is 1.24. The van der Waals surface area contributed by atoms with Gasteiger partial charge in [-0.3, -0.25) is 4.79 Å². The number of hydrogen-bond acceptors (Lipinski definition) is 3. The second-order valence-electron chi connectivity index (χ2n) is 5.24. The molecule has 102 valence electrons. The van der Waals surface area contributed by atoms with Crippen molar-refractivity contribution in [2.45, 2.75) is 33.2 Å². The van der Waals surface area contributed by atoms with Crippen LogP contribution in [0, 0.1) is 24.2 Å². The highest BCUT2D eigenvalue weighted by atomic mass is 16.2. The molecule has 0 saturated heterocycles. The molecular weight excluding hydrogens is 238 g/mol. The smallest absolute Gasteiger partial charge is 0.240 e. The molecule has 0 heterocycles. The molecule has 4 nitrogen and oxygen atoms in total. The van der Waals surface area contributed by atoms with Gasteiger partial charge in [-0.15, -0.1) is 0 Å². The molecule has 0 aliphatic carbocycles. The van der Waals surface area contributed by atoms with E-state index < -0.39 is 5.54 Å². The molecule has 4 heteroatoms. The summed E-state index contributed by atoms with van der Waals surface area (Å²) in [6, 6.07) is 9.96. The Balaban J connectivity index is 2.53. The van der Waals surface area contributed by atoms with Crippen molar-refractivity contribution in [1.82, 2.24) is 5.32 Å². The summed E-state index contributed by atoms with van der Waals surface area (Å²) in [4.78, 5) is 11.8. The van der Waals surface area contributed by atoms with Crippen LogP contribution in [0.3, 0.4) is 0 Å². The summed E-state index contributed by atoms with van der Waals surface area (Å²) in [6.07, 6.45) is 0. The van der Waals surface area contributed by atoms with Gasteiger partial charge >= 0.3 is 0 Å². The van der Waals surface area contributed by atoms with Crippen LogP contribution in [0.1, 0.15) is 26.3 Å². The zero-order chi connectivity index (χ0) is 14.5. The molecule has 1 atom stereocenters. The van der Waals surface area contributed by atoms with E-state index in [9.17, 15) is 4.79 Å². The fraction of sp³-hybridized carbons (Fsp3) is 0.467. The lowest BCUT2D eigenvalue weighted by atomic mass is 9.90. The second-order valence-corrected chi connectivity index (χ2v) is 5.24. The molecule has 0 spiro atoms. The van der Waals surface area contributed by atoms with Crippen LogP contribution < -0.4 is 10.6 Å². The topological polar surface area (TPSA) is 64.9 Å². The quantitative estimate of drug-likeness (QED) is 0.853. The van der Waals surface area contributed by atoms with Gasteiger partial charge in [-0.25, -0.2) is 0 Å². The Hall–Kier alpha value is -2.02. The Labute approximate surface area is 114 Å². The summed E-state index contributed by atoms with van der Waals surface area (Å²) in [5, 5.41) is 14.9. The molecule has 19 heavy (non-hydrogen) atoms. The maximum Gasteiger partial charge on any atom is 0.240 e. The van der Waals surface area contributed by atoms with Gasteiger partial charge < -0.3 is 10.6 Å². The Bertz CT molecular complexity index is 473. The molecule has 2 N–H and O–H groups in total. The highest BCUT2D eigenvalue weighted by Crippen LogP contribution is 2.15. The van der Waals surface area contributed by atoms with Crippen LogP contribution in [0.5, 0.6) is 0 Å². The van der Waals surface area contributed by atoms with Gasteiger partial charge in [0.15, 0.2) is 0 Å². The van der Waals surface area contributed by atoms with Crippen LogP contribution in [-0.4, -0.2) is 18.0 Å². The molecule has 0 aliphatic rings. The van der Waals surface area contributed by atoms with Gasteiger partial charge in [0, 0.05) is 5.69 Å². The van der Waals surface area contributed by atoms with Crippen LogP contribution in [0.25, 0.3) is 0 Å². The summed E-state index contributed by atoms with van der Waals surface area (Å²) in [7, 11) is 0. The molecule has 0 bridgehead atoms. The van der Waals surface area contributed by atoms with E-state index in [2.05, 4.69) is 16.7 Å². The molecule has 0 radical (unpaired) electrons. The first-order valence-corrected chi connectivity index (χ1v) is 6.40. The minimum Gasteiger partial charge on any atom is -0.376 e. The molecule has 0 saturated carbocycles. The summed E-state index contributed by atoms with van der Waals surface area (Å²) >= 11 is 0. The van der Waals surface area contributed by atoms with E-state index in [0.717, 1.165) is 5.69 Å². The van der Waals surface area contributed by atoms with Gasteiger partial charge in [-0.2, -0.15) is 5.26 Å². The summed E-state index contributed by atoms with van der Waals surface area (Å²) < 4.78 is 0. The number of nitriles is 1. The first-order chi connectivity index (χ1) is 8.87. The number of nitrogens with zero attached hydrogens (tertiary/aromatic N) is 1. The zero-order valence-electron chi connectivity index (χ0n) is 11.9. The Morgan fingerprint density at radius 3 is 2.42 bits per heavy atom. The van der Waals surface area contributed by atoms with E-state index in [-0.39, 0.29) is 18.4 Å². The lowest BCUT2D eigenvalue weighted by Gasteiger charge is -2.27. The highest BCUT2D eigenvalue weighted by molar-refractivity contribution is 5.81. The van der Waals surface area contributed by atoms with Crippen molar-refractivity contribution in [2.24, 2.45) is 5.92 Å². The predicted octanol–water partition coefficient (Wildman–Crippen LogP) is 2.46. The van der Waals surface area contributed by atoms with E-state index in [0.29, 0.717) is 0 Å². The maximum atomic E-state index is 11.8. The maximum absolute atomic E-state index is 11.8. The normalized spacial score (nSPS) is 13.5. The average Bonchev–Trinajstić information content (AvgIpc) is 2.37. The number of nitrogens with one attached hydrogen (secondary N) is 2. The third-order valence-corrected chi connectivity index (χ3v) is 3.29. The predicted molar refractivity (Wildman–Crippen MR) is 76.7 cm³/mol. The number of benzene rings is 1. The van der Waals surface area contributed by atoms with Crippen molar-refractivity contribution in [1.29, 1.82) is 5.26 Å². The minimum atomic E-state index is -0.827. The van der Waals surface area contributed by atoms with E-state index in [1.807, 2.05) is 45.0 Å². The number of carbonyl (C=O) groups excluding carboxylic acids is 1. The zero-order valence-corrected chi connectivity index (χ0v) is 11.9. The number of amides is 1. The Kier molecular flexibility index (Phi) is 4.94. The molecule has 0 unspecified atom stereocenters. The highest BCUT2D eigenvalue weighted by Gasteiger charge is 2.29. The first-order valence-electron chi connectivity index (χ1n) is 6.40. The van der Waals surface area contributed by atoms with Crippen LogP contribution in [-0.2, 0) is 4.79 Å². The summed E-state index contributed by atoms with van der Waals surface area (Å²) in [5.74, 6) is -0.126. The third-order valence-electron chi connectivity index (χ3n) is 3.29. The second kappa shape index (κ2) is 6.24. The lowest BCUT2D eigenvalue weighted by Crippen LogP contribution is -2.50. The minimum absolute atomic E-state index is 0.0563. The van der Waals surface area contributed by atoms with Crippen molar-refractivity contribution in [2.75, 3.05) is 11.9 Å². The van der Waals surface area contributed by atoms with E-state index >= 15 is 0 Å². The van der Waals surface area contributed by atoms with Gasteiger partial charge in [0.2, 0.25) is 5.91 Å². The number of carbonyl (C=O) groups is 1. The lowest BCUT2D eigenvalue weighted by molar-refractivity contribution is -0.121. The van der Waals surface area contributed by atoms with Gasteiger partial charge in [-0.1, -0.05) is 31.5 Å². The number of rotatable bonds is 5. The number of aryl methyl sites for hydroxylation is 1. The number of hydrogen-bond donors (Lipinski definition) is 2. The standard InChI is InChI=1S/C15H21N3O/c1-11(2)15(4,10-16)18-14(19)9-17-13-7-5-12(3)6-8-13/h5-8,11,17H,9H2,1-4H3,(H,18,19)/t15-/m1/s1. The van der Waals surface area contributed by atoms with Gasteiger partial charge in [0.05, 0.1) is 12.6 Å². The molecular formula is C15H21N3O. The van der Waals surface area contributed by atoms with E-state index in [1.165, 1.54) is 5.56 Å². The average molecular weight is 259 g/mol. The SMILES string of the molecule is Cc1ccc(NCC(=O)N[C@](C)(C#N)C(C)C)cc1. The molecule has 1 rings (SSSR count). The van der Waals surface area contributed by atoms with Gasteiger partial charge in [0.1, 0.15) is 5.54 Å². The Morgan fingerprint density at radius 2 is 1.95 bits per heavy atom. The third kappa shape index (κ3) is 4.29. The first kappa shape index (κ1) is 15.0. The monoisotopic (exact) mass is 259 g/mol. The molecule has 0 fully saturated rings. The fourth-order valence-electron chi connectivity index (χ4n) is 1.49. The van der Waals surface area contributed by atoms with Crippen LogP contribution in [0.15, 0.2) is 24.3 Å². The van der Waals surface area contributed by atoms with Crippen LogP contribution in [0.2, 0.25) is 0 Å². The van der Waals surface area contributed by atoms with Crippen molar-refractivity contribution < 1.29 is 4.79 Å². The van der Waals surface area contributed by atoms with Crippen LogP contribution in [0.4, 0.5) is 5.69 Å². The molecule has 1 aromatic rings. The molecule has 1 amide bonds. The van der Waals surface area contributed by atoms with Gasteiger partial charge in [-0.05, 0) is 31.9 Å². The van der Waals surface area contributed by atoms with Crippen LogP contribution >= 0.6 is 0 Å². The van der Waals surface area contributed by atoms with E-state index in [4.69, 9.17) is 5.26 Å². The van der Waals surface area contributed by atoms with Crippen molar-refractivity contribution in [3.8, 4) is 6.07 Å². The van der Waals surface area contributed by atoms with Crippen molar-refractivity contribution >= 4 is 11.6 Å². The van der Waals surface area contributed by atoms with Gasteiger partial charge in [0.25, 0.3) is 0 Å². The molecule has 1 aromatic carbocycles.